The standard InChI is InChI=1S/C17H18FN3OS/c1-2-19-17(23)21-20-11-14-5-3-4-6-16(14)22-12-13-7-9-15(18)10-8-13/h3-11H,2,12H2,1H3,(H2,19,21,23)/b20-11-. The Labute approximate surface area is 140 Å². The van der Waals surface area contributed by atoms with Crippen molar-refractivity contribution in [3.05, 3.63) is 65.5 Å². The van der Waals surface area contributed by atoms with Gasteiger partial charge in [-0.05, 0) is 49.0 Å². The van der Waals surface area contributed by atoms with Crippen LogP contribution in [-0.2, 0) is 6.61 Å². The van der Waals surface area contributed by atoms with Crippen molar-refractivity contribution in [3.63, 3.8) is 0 Å². The van der Waals surface area contributed by atoms with Gasteiger partial charge in [-0.2, -0.15) is 5.10 Å². The van der Waals surface area contributed by atoms with Crippen molar-refractivity contribution in [1.82, 2.24) is 10.7 Å². The highest BCUT2D eigenvalue weighted by Gasteiger charge is 2.02. The van der Waals surface area contributed by atoms with E-state index in [-0.39, 0.29) is 5.82 Å². The van der Waals surface area contributed by atoms with E-state index >= 15 is 0 Å². The summed E-state index contributed by atoms with van der Waals surface area (Å²) in [5, 5.41) is 7.49. The fraction of sp³-hybridized carbons (Fsp3) is 0.176. The average molecular weight is 331 g/mol. The summed E-state index contributed by atoms with van der Waals surface area (Å²) in [4.78, 5) is 0. The predicted octanol–water partition coefficient (Wildman–Crippen LogP) is 3.22. The number of hydrazone groups is 1. The summed E-state index contributed by atoms with van der Waals surface area (Å²) >= 11 is 5.03. The molecule has 0 amide bonds. The smallest absolute Gasteiger partial charge is 0.186 e. The zero-order chi connectivity index (χ0) is 16.5. The van der Waals surface area contributed by atoms with Crippen LogP contribution in [0.3, 0.4) is 0 Å². The average Bonchev–Trinajstić information content (AvgIpc) is 2.56. The van der Waals surface area contributed by atoms with Crippen molar-refractivity contribution < 1.29 is 9.13 Å². The number of benzene rings is 2. The molecule has 0 aromatic heterocycles. The van der Waals surface area contributed by atoms with Crippen molar-refractivity contribution in [3.8, 4) is 5.75 Å². The van der Waals surface area contributed by atoms with E-state index in [4.69, 9.17) is 17.0 Å². The highest BCUT2D eigenvalue weighted by atomic mass is 32.1. The molecule has 6 heteroatoms. The zero-order valence-electron chi connectivity index (χ0n) is 12.8. The summed E-state index contributed by atoms with van der Waals surface area (Å²) in [5.41, 5.74) is 4.45. The molecule has 0 fully saturated rings. The third-order valence-corrected chi connectivity index (χ3v) is 3.17. The Bertz CT molecular complexity index is 674. The minimum Gasteiger partial charge on any atom is -0.488 e. The van der Waals surface area contributed by atoms with Gasteiger partial charge in [-0.15, -0.1) is 0 Å². The molecule has 2 aromatic carbocycles. The van der Waals surface area contributed by atoms with Gasteiger partial charge in [-0.25, -0.2) is 4.39 Å². The van der Waals surface area contributed by atoms with Crippen molar-refractivity contribution in [1.29, 1.82) is 0 Å². The number of rotatable bonds is 6. The quantitative estimate of drug-likeness (QED) is 0.485. The fourth-order valence-electron chi connectivity index (χ4n) is 1.82. The van der Waals surface area contributed by atoms with Crippen LogP contribution in [0.2, 0.25) is 0 Å². The lowest BCUT2D eigenvalue weighted by atomic mass is 10.2. The van der Waals surface area contributed by atoms with E-state index in [1.807, 2.05) is 31.2 Å². The molecule has 2 aromatic rings. The molecule has 0 saturated carbocycles. The number of hydrogen-bond donors (Lipinski definition) is 2. The highest BCUT2D eigenvalue weighted by Crippen LogP contribution is 2.17. The second-order valence-corrected chi connectivity index (χ2v) is 5.09. The SMILES string of the molecule is CCNC(=S)N/N=C\c1ccccc1OCc1ccc(F)cc1. The highest BCUT2D eigenvalue weighted by molar-refractivity contribution is 7.80. The molecule has 0 radical (unpaired) electrons. The summed E-state index contributed by atoms with van der Waals surface area (Å²) in [5.74, 6) is 0.431. The van der Waals surface area contributed by atoms with E-state index in [0.29, 0.717) is 17.5 Å². The van der Waals surface area contributed by atoms with E-state index in [1.54, 1.807) is 18.3 Å². The number of ether oxygens (including phenoxy) is 1. The maximum atomic E-state index is 12.9. The van der Waals surface area contributed by atoms with Gasteiger partial charge >= 0.3 is 0 Å². The Hall–Kier alpha value is -2.47. The van der Waals surface area contributed by atoms with Crippen LogP contribution in [-0.4, -0.2) is 17.9 Å². The number of nitrogens with one attached hydrogen (secondary N) is 2. The molecule has 23 heavy (non-hydrogen) atoms. The molecule has 0 aliphatic rings. The fourth-order valence-corrected chi connectivity index (χ4v) is 2.02. The summed E-state index contributed by atoms with van der Waals surface area (Å²) in [6, 6.07) is 13.7. The van der Waals surface area contributed by atoms with Crippen LogP contribution in [0.15, 0.2) is 53.6 Å². The Morgan fingerprint density at radius 3 is 2.70 bits per heavy atom. The van der Waals surface area contributed by atoms with Gasteiger partial charge < -0.3 is 10.1 Å². The maximum Gasteiger partial charge on any atom is 0.186 e. The van der Waals surface area contributed by atoms with Crippen LogP contribution in [0.1, 0.15) is 18.1 Å². The van der Waals surface area contributed by atoms with Crippen molar-refractivity contribution in [2.45, 2.75) is 13.5 Å². The lowest BCUT2D eigenvalue weighted by molar-refractivity contribution is 0.305. The molecule has 0 heterocycles. The minimum absolute atomic E-state index is 0.260. The molecule has 120 valence electrons. The molecule has 0 aliphatic carbocycles. The minimum atomic E-state index is -0.260. The first kappa shape index (κ1) is 16.9. The number of nitrogens with zero attached hydrogens (tertiary/aromatic N) is 1. The molecule has 0 aliphatic heterocycles. The Morgan fingerprint density at radius 2 is 1.96 bits per heavy atom. The van der Waals surface area contributed by atoms with Gasteiger partial charge in [0.15, 0.2) is 5.11 Å². The van der Waals surface area contributed by atoms with Crippen LogP contribution in [0.4, 0.5) is 4.39 Å². The molecule has 2 N–H and O–H groups in total. The third kappa shape index (κ3) is 5.67. The molecule has 4 nitrogen and oxygen atoms in total. The van der Waals surface area contributed by atoms with Crippen LogP contribution < -0.4 is 15.5 Å². The van der Waals surface area contributed by atoms with Crippen molar-refractivity contribution in [2.75, 3.05) is 6.54 Å². The van der Waals surface area contributed by atoms with E-state index < -0.39 is 0 Å². The molecule has 0 unspecified atom stereocenters. The summed E-state index contributed by atoms with van der Waals surface area (Å²) < 4.78 is 18.7. The van der Waals surface area contributed by atoms with Crippen molar-refractivity contribution in [2.24, 2.45) is 5.10 Å². The van der Waals surface area contributed by atoms with E-state index in [0.717, 1.165) is 17.7 Å². The largest absolute Gasteiger partial charge is 0.488 e. The van der Waals surface area contributed by atoms with Crippen molar-refractivity contribution >= 4 is 23.5 Å². The van der Waals surface area contributed by atoms with Gasteiger partial charge in [0.2, 0.25) is 0 Å². The summed E-state index contributed by atoms with van der Waals surface area (Å²) in [6.45, 7) is 3.05. The Balaban J connectivity index is 1.98. The van der Waals surface area contributed by atoms with E-state index in [2.05, 4.69) is 15.8 Å². The molecule has 0 spiro atoms. The summed E-state index contributed by atoms with van der Waals surface area (Å²) in [7, 11) is 0. The number of para-hydroxylation sites is 1. The number of thiocarbonyl (C=S) groups is 1. The first-order chi connectivity index (χ1) is 11.2. The predicted molar refractivity (Wildman–Crippen MR) is 94.2 cm³/mol. The lowest BCUT2D eigenvalue weighted by Crippen LogP contribution is -2.31. The second kappa shape index (κ2) is 8.85. The zero-order valence-corrected chi connectivity index (χ0v) is 13.6. The topological polar surface area (TPSA) is 45.7 Å². The van der Waals surface area contributed by atoms with Gasteiger partial charge in [0.1, 0.15) is 18.2 Å². The molecule has 0 saturated heterocycles. The maximum absolute atomic E-state index is 12.9. The van der Waals surface area contributed by atoms with Gasteiger partial charge in [-0.1, -0.05) is 24.3 Å². The lowest BCUT2D eigenvalue weighted by Gasteiger charge is -2.09. The Kier molecular flexibility index (Phi) is 6.50. The second-order valence-electron chi connectivity index (χ2n) is 4.68. The van der Waals surface area contributed by atoms with Crippen LogP contribution in [0.5, 0.6) is 5.75 Å². The van der Waals surface area contributed by atoms with Gasteiger partial charge in [0, 0.05) is 12.1 Å². The van der Waals surface area contributed by atoms with E-state index in [9.17, 15) is 4.39 Å². The summed E-state index contributed by atoms with van der Waals surface area (Å²) in [6.07, 6.45) is 1.64. The monoisotopic (exact) mass is 331 g/mol. The normalized spacial score (nSPS) is 10.5. The van der Waals surface area contributed by atoms with Gasteiger partial charge in [0.25, 0.3) is 0 Å². The van der Waals surface area contributed by atoms with Crippen LogP contribution in [0, 0.1) is 5.82 Å². The molecular weight excluding hydrogens is 313 g/mol. The number of hydrogen-bond acceptors (Lipinski definition) is 3. The molecule has 2 rings (SSSR count). The van der Waals surface area contributed by atoms with Crippen LogP contribution >= 0.6 is 12.2 Å². The first-order valence-corrected chi connectivity index (χ1v) is 7.63. The number of halogens is 1. The van der Waals surface area contributed by atoms with Gasteiger partial charge in [-0.3, -0.25) is 5.43 Å². The van der Waals surface area contributed by atoms with Crippen LogP contribution in [0.25, 0.3) is 0 Å². The van der Waals surface area contributed by atoms with E-state index in [1.165, 1.54) is 12.1 Å². The third-order valence-electron chi connectivity index (χ3n) is 2.93. The van der Waals surface area contributed by atoms with Gasteiger partial charge in [0.05, 0.1) is 6.21 Å². The Morgan fingerprint density at radius 1 is 1.22 bits per heavy atom. The molecule has 0 atom stereocenters. The first-order valence-electron chi connectivity index (χ1n) is 7.22. The molecule has 0 bridgehead atoms. The molecular formula is C17H18FN3OS.